The second kappa shape index (κ2) is 9.80. The average Bonchev–Trinajstić information content (AvgIpc) is 3.29. The van der Waals surface area contributed by atoms with Gasteiger partial charge in [-0.3, -0.25) is 14.3 Å². The Balaban J connectivity index is 1.61. The standard InChI is InChI=1S/C25H27N3O4S/c1-26-24(30)25(10-13-32-14-11-25)17-5-4-6-18(15-17)33-19-7-8-20(22(16-19)31-3)23(29)21-9-12-27-28(21)2/h4-9,12,15-16H,10-11,13-14H2,1-3H3,(H,26,30). The van der Waals surface area contributed by atoms with Crippen LogP contribution < -0.4 is 10.1 Å². The molecule has 33 heavy (non-hydrogen) atoms. The van der Waals surface area contributed by atoms with Gasteiger partial charge in [-0.05, 0) is 54.8 Å². The topological polar surface area (TPSA) is 82.5 Å². The number of nitrogens with zero attached hydrogens (tertiary/aromatic N) is 2. The quantitative estimate of drug-likeness (QED) is 0.537. The second-order valence-corrected chi connectivity index (χ2v) is 9.08. The fourth-order valence-electron chi connectivity index (χ4n) is 4.26. The van der Waals surface area contributed by atoms with Crippen LogP contribution in [0.4, 0.5) is 0 Å². The number of carbonyl (C=O) groups is 2. The summed E-state index contributed by atoms with van der Waals surface area (Å²) in [4.78, 5) is 27.7. The Morgan fingerprint density at radius 3 is 2.55 bits per heavy atom. The van der Waals surface area contributed by atoms with Crippen LogP contribution in [0.1, 0.15) is 34.5 Å². The molecule has 0 aliphatic carbocycles. The molecule has 2 aromatic carbocycles. The number of carbonyl (C=O) groups excluding carboxylic acids is 2. The third kappa shape index (κ3) is 4.54. The van der Waals surface area contributed by atoms with E-state index in [0.717, 1.165) is 15.4 Å². The number of benzene rings is 2. The number of methoxy groups -OCH3 is 1. The van der Waals surface area contributed by atoms with E-state index in [1.807, 2.05) is 30.3 Å². The Kier molecular flexibility index (Phi) is 6.85. The van der Waals surface area contributed by atoms with E-state index in [4.69, 9.17) is 9.47 Å². The zero-order chi connectivity index (χ0) is 23.4. The number of hydrogen-bond donors (Lipinski definition) is 1. The van der Waals surface area contributed by atoms with Gasteiger partial charge in [0.05, 0.1) is 18.1 Å². The highest BCUT2D eigenvalue weighted by molar-refractivity contribution is 7.99. The van der Waals surface area contributed by atoms with E-state index < -0.39 is 5.41 Å². The van der Waals surface area contributed by atoms with Gasteiger partial charge in [0.1, 0.15) is 11.4 Å². The van der Waals surface area contributed by atoms with Crippen LogP contribution in [0.2, 0.25) is 0 Å². The van der Waals surface area contributed by atoms with E-state index in [9.17, 15) is 9.59 Å². The van der Waals surface area contributed by atoms with Gasteiger partial charge in [0, 0.05) is 43.3 Å². The van der Waals surface area contributed by atoms with Crippen LogP contribution in [0.5, 0.6) is 5.75 Å². The van der Waals surface area contributed by atoms with Crippen LogP contribution in [-0.2, 0) is 22.0 Å². The monoisotopic (exact) mass is 465 g/mol. The minimum absolute atomic E-state index is 0.0210. The molecular formula is C25H27N3O4S. The van der Waals surface area contributed by atoms with Crippen LogP contribution in [0.25, 0.3) is 0 Å². The number of rotatable bonds is 7. The van der Waals surface area contributed by atoms with E-state index >= 15 is 0 Å². The fourth-order valence-corrected chi connectivity index (χ4v) is 5.16. The predicted octanol–water partition coefficient (Wildman–Crippen LogP) is 3.61. The number of likely N-dealkylation sites (N-methyl/N-ethyl adjacent to an activating group) is 1. The summed E-state index contributed by atoms with van der Waals surface area (Å²) in [7, 11) is 4.97. The molecule has 0 saturated carbocycles. The molecule has 0 unspecified atom stereocenters. The molecule has 1 aliphatic heterocycles. The largest absolute Gasteiger partial charge is 0.496 e. The molecule has 1 aliphatic rings. The molecule has 0 radical (unpaired) electrons. The van der Waals surface area contributed by atoms with Crippen molar-refractivity contribution in [2.75, 3.05) is 27.4 Å². The van der Waals surface area contributed by atoms with Crippen molar-refractivity contribution in [3.8, 4) is 5.75 Å². The molecule has 1 aromatic heterocycles. The lowest BCUT2D eigenvalue weighted by atomic mass is 9.73. The van der Waals surface area contributed by atoms with Crippen molar-refractivity contribution in [2.24, 2.45) is 7.05 Å². The number of ketones is 1. The fraction of sp³-hybridized carbons (Fsp3) is 0.320. The van der Waals surface area contributed by atoms with Gasteiger partial charge in [-0.1, -0.05) is 23.9 Å². The van der Waals surface area contributed by atoms with Crippen LogP contribution in [0.3, 0.4) is 0 Å². The van der Waals surface area contributed by atoms with Crippen molar-refractivity contribution < 1.29 is 19.1 Å². The number of amides is 1. The molecule has 4 rings (SSSR count). The Hall–Kier alpha value is -3.10. The molecule has 0 atom stereocenters. The summed E-state index contributed by atoms with van der Waals surface area (Å²) in [6.45, 7) is 1.13. The van der Waals surface area contributed by atoms with Gasteiger partial charge < -0.3 is 14.8 Å². The zero-order valence-electron chi connectivity index (χ0n) is 19.0. The molecule has 1 fully saturated rings. The van der Waals surface area contributed by atoms with Crippen molar-refractivity contribution >= 4 is 23.5 Å². The Morgan fingerprint density at radius 2 is 1.88 bits per heavy atom. The molecule has 1 N–H and O–H groups in total. The lowest BCUT2D eigenvalue weighted by Gasteiger charge is -2.36. The van der Waals surface area contributed by atoms with Gasteiger partial charge >= 0.3 is 0 Å². The summed E-state index contributed by atoms with van der Waals surface area (Å²) in [6, 6.07) is 15.3. The predicted molar refractivity (Wildman–Crippen MR) is 126 cm³/mol. The average molecular weight is 466 g/mol. The lowest BCUT2D eigenvalue weighted by molar-refractivity contribution is -0.130. The highest BCUT2D eigenvalue weighted by atomic mass is 32.2. The molecule has 7 nitrogen and oxygen atoms in total. The zero-order valence-corrected chi connectivity index (χ0v) is 19.8. The molecule has 1 saturated heterocycles. The van der Waals surface area contributed by atoms with Crippen LogP contribution >= 0.6 is 11.8 Å². The summed E-state index contributed by atoms with van der Waals surface area (Å²) in [5, 5.41) is 6.91. The summed E-state index contributed by atoms with van der Waals surface area (Å²) < 4.78 is 12.6. The van der Waals surface area contributed by atoms with E-state index in [-0.39, 0.29) is 11.7 Å². The van der Waals surface area contributed by atoms with E-state index in [2.05, 4.69) is 16.5 Å². The first kappa shape index (κ1) is 23.1. The SMILES string of the molecule is CNC(=O)C1(c2cccc(Sc3ccc(C(=O)c4ccnn4C)c(OC)c3)c2)CCOCC1. The molecule has 1 amide bonds. The number of ether oxygens (including phenoxy) is 2. The molecule has 8 heteroatoms. The van der Waals surface area contributed by atoms with Crippen LogP contribution in [0, 0.1) is 0 Å². The van der Waals surface area contributed by atoms with Crippen molar-refractivity contribution in [2.45, 2.75) is 28.0 Å². The maximum Gasteiger partial charge on any atom is 0.230 e. The van der Waals surface area contributed by atoms with Gasteiger partial charge in [-0.15, -0.1) is 0 Å². The van der Waals surface area contributed by atoms with Gasteiger partial charge in [0.25, 0.3) is 0 Å². The Labute approximate surface area is 197 Å². The number of hydrogen-bond acceptors (Lipinski definition) is 6. The minimum Gasteiger partial charge on any atom is -0.496 e. The van der Waals surface area contributed by atoms with Crippen molar-refractivity contribution in [1.82, 2.24) is 15.1 Å². The summed E-state index contributed by atoms with van der Waals surface area (Å²) >= 11 is 1.56. The van der Waals surface area contributed by atoms with Gasteiger partial charge in [0.2, 0.25) is 11.7 Å². The maximum absolute atomic E-state index is 12.9. The third-order valence-corrected chi connectivity index (χ3v) is 7.08. The van der Waals surface area contributed by atoms with Crippen LogP contribution in [-0.4, -0.2) is 48.8 Å². The Morgan fingerprint density at radius 1 is 1.12 bits per heavy atom. The lowest BCUT2D eigenvalue weighted by Crippen LogP contribution is -2.46. The summed E-state index contributed by atoms with van der Waals surface area (Å²) in [5.74, 6) is 0.388. The Bertz CT molecular complexity index is 1170. The highest BCUT2D eigenvalue weighted by Gasteiger charge is 2.41. The molecule has 3 aromatic rings. The molecule has 172 valence electrons. The number of aromatic nitrogens is 2. The number of aryl methyl sites for hydroxylation is 1. The second-order valence-electron chi connectivity index (χ2n) is 7.93. The first-order valence-corrected chi connectivity index (χ1v) is 11.6. The van der Waals surface area contributed by atoms with E-state index in [0.29, 0.717) is 43.1 Å². The van der Waals surface area contributed by atoms with Crippen LogP contribution in [0.15, 0.2) is 64.5 Å². The molecule has 0 bridgehead atoms. The highest BCUT2D eigenvalue weighted by Crippen LogP contribution is 2.39. The van der Waals surface area contributed by atoms with E-state index in [1.165, 1.54) is 0 Å². The molecular weight excluding hydrogens is 438 g/mol. The third-order valence-electron chi connectivity index (χ3n) is 6.10. The smallest absolute Gasteiger partial charge is 0.230 e. The first-order valence-electron chi connectivity index (χ1n) is 10.8. The van der Waals surface area contributed by atoms with Gasteiger partial charge in [0.15, 0.2) is 0 Å². The van der Waals surface area contributed by atoms with Crippen molar-refractivity contribution in [3.63, 3.8) is 0 Å². The minimum atomic E-state index is -0.583. The van der Waals surface area contributed by atoms with Crippen molar-refractivity contribution in [1.29, 1.82) is 0 Å². The molecule has 2 heterocycles. The summed E-state index contributed by atoms with van der Waals surface area (Å²) in [6.07, 6.45) is 2.90. The van der Waals surface area contributed by atoms with E-state index in [1.54, 1.807) is 56.0 Å². The van der Waals surface area contributed by atoms with Gasteiger partial charge in [-0.25, -0.2) is 0 Å². The number of nitrogens with one attached hydrogen (secondary N) is 1. The van der Waals surface area contributed by atoms with Gasteiger partial charge in [-0.2, -0.15) is 5.10 Å². The summed E-state index contributed by atoms with van der Waals surface area (Å²) in [5.41, 5.74) is 1.39. The normalized spacial score (nSPS) is 15.1. The maximum atomic E-state index is 12.9. The van der Waals surface area contributed by atoms with Crippen molar-refractivity contribution in [3.05, 3.63) is 71.5 Å². The molecule has 0 spiro atoms. The first-order chi connectivity index (χ1) is 16.0.